The number of rotatable bonds is 5. The van der Waals surface area contributed by atoms with Crippen molar-refractivity contribution in [2.24, 2.45) is 5.41 Å². The van der Waals surface area contributed by atoms with Gasteiger partial charge in [0.1, 0.15) is 0 Å². The minimum absolute atomic E-state index is 0.0121. The fourth-order valence-corrected chi connectivity index (χ4v) is 2.39. The topological polar surface area (TPSA) is 18.5 Å². The molecule has 0 spiro atoms. The lowest BCUT2D eigenvalue weighted by Crippen LogP contribution is -2.30. The third-order valence-corrected chi connectivity index (χ3v) is 3.32. The molecule has 2 rings (SSSR count). The summed E-state index contributed by atoms with van der Waals surface area (Å²) in [6.07, 6.45) is 7.63. The molecule has 0 saturated carbocycles. The lowest BCUT2D eigenvalue weighted by Gasteiger charge is -2.30. The lowest BCUT2D eigenvalue weighted by molar-refractivity contribution is 0.0419. The molecule has 1 aromatic rings. The first-order valence-electron chi connectivity index (χ1n) is 6.22. The molecule has 18 heavy (non-hydrogen) atoms. The summed E-state index contributed by atoms with van der Waals surface area (Å²) in [5, 5.41) is 0. The third kappa shape index (κ3) is 2.89. The fraction of sp³-hybridized carbons (Fsp3) is 0.375. The summed E-state index contributed by atoms with van der Waals surface area (Å²) in [6, 6.07) is 10.4. The number of allylic oxidation sites excluding steroid dienone is 3. The Hall–Kier alpha value is -1.38. The van der Waals surface area contributed by atoms with Gasteiger partial charge in [0, 0.05) is 19.6 Å². The molecule has 0 aromatic heterocycles. The summed E-state index contributed by atoms with van der Waals surface area (Å²) >= 11 is 0. The Morgan fingerprint density at radius 3 is 2.22 bits per heavy atom. The second-order valence-corrected chi connectivity index (χ2v) is 4.79. The SMILES string of the molecule is COCC1(COC)C=CC(c2ccccc2)=CC1. The molecule has 2 heteroatoms. The molecule has 0 aliphatic heterocycles. The van der Waals surface area contributed by atoms with Crippen LogP contribution >= 0.6 is 0 Å². The van der Waals surface area contributed by atoms with Gasteiger partial charge in [-0.3, -0.25) is 0 Å². The zero-order chi connectivity index (χ0) is 12.8. The molecule has 0 amide bonds. The molecular formula is C16H20O2. The van der Waals surface area contributed by atoms with Crippen molar-refractivity contribution in [2.45, 2.75) is 6.42 Å². The fourth-order valence-electron chi connectivity index (χ4n) is 2.39. The van der Waals surface area contributed by atoms with Gasteiger partial charge in [-0.2, -0.15) is 0 Å². The Labute approximate surface area is 109 Å². The van der Waals surface area contributed by atoms with E-state index in [4.69, 9.17) is 9.47 Å². The molecule has 1 aliphatic carbocycles. The van der Waals surface area contributed by atoms with Crippen molar-refractivity contribution in [3.05, 3.63) is 54.1 Å². The van der Waals surface area contributed by atoms with Gasteiger partial charge in [0.25, 0.3) is 0 Å². The van der Waals surface area contributed by atoms with Gasteiger partial charge in [0.15, 0.2) is 0 Å². The summed E-state index contributed by atoms with van der Waals surface area (Å²) in [6.45, 7) is 1.38. The van der Waals surface area contributed by atoms with Gasteiger partial charge < -0.3 is 9.47 Å². The second-order valence-electron chi connectivity index (χ2n) is 4.79. The summed E-state index contributed by atoms with van der Waals surface area (Å²) in [5.41, 5.74) is 2.53. The molecule has 0 saturated heterocycles. The molecule has 0 unspecified atom stereocenters. The normalized spacial score (nSPS) is 17.6. The van der Waals surface area contributed by atoms with E-state index < -0.39 is 0 Å². The van der Waals surface area contributed by atoms with Crippen molar-refractivity contribution in [1.82, 2.24) is 0 Å². The van der Waals surface area contributed by atoms with Crippen LogP contribution in [0.2, 0.25) is 0 Å². The Bertz CT molecular complexity index is 426. The van der Waals surface area contributed by atoms with E-state index >= 15 is 0 Å². The average Bonchev–Trinajstić information content (AvgIpc) is 2.41. The van der Waals surface area contributed by atoms with Crippen molar-refractivity contribution in [1.29, 1.82) is 0 Å². The number of hydrogen-bond acceptors (Lipinski definition) is 2. The van der Waals surface area contributed by atoms with Crippen molar-refractivity contribution in [3.8, 4) is 0 Å². The predicted molar refractivity (Wildman–Crippen MR) is 74.4 cm³/mol. The Balaban J connectivity index is 2.14. The van der Waals surface area contributed by atoms with E-state index in [0.29, 0.717) is 13.2 Å². The first-order chi connectivity index (χ1) is 8.79. The zero-order valence-corrected chi connectivity index (χ0v) is 11.1. The maximum Gasteiger partial charge on any atom is 0.0578 e. The zero-order valence-electron chi connectivity index (χ0n) is 11.1. The van der Waals surface area contributed by atoms with Crippen LogP contribution < -0.4 is 0 Å². The highest BCUT2D eigenvalue weighted by molar-refractivity contribution is 5.75. The maximum atomic E-state index is 5.32. The maximum absolute atomic E-state index is 5.32. The van der Waals surface area contributed by atoms with Gasteiger partial charge in [-0.05, 0) is 17.6 Å². The van der Waals surface area contributed by atoms with Gasteiger partial charge in [-0.15, -0.1) is 0 Å². The highest BCUT2D eigenvalue weighted by Crippen LogP contribution is 2.33. The number of benzene rings is 1. The molecule has 2 nitrogen and oxygen atoms in total. The Morgan fingerprint density at radius 2 is 1.72 bits per heavy atom. The smallest absolute Gasteiger partial charge is 0.0578 e. The summed E-state index contributed by atoms with van der Waals surface area (Å²) in [7, 11) is 3.48. The second kappa shape index (κ2) is 5.98. The van der Waals surface area contributed by atoms with Crippen LogP contribution in [0.5, 0.6) is 0 Å². The first kappa shape index (κ1) is 13.1. The molecule has 0 atom stereocenters. The van der Waals surface area contributed by atoms with Crippen LogP contribution in [0.1, 0.15) is 12.0 Å². The Kier molecular flexibility index (Phi) is 4.34. The van der Waals surface area contributed by atoms with Crippen LogP contribution in [0, 0.1) is 5.41 Å². The van der Waals surface area contributed by atoms with E-state index in [1.807, 2.05) is 6.07 Å². The van der Waals surface area contributed by atoms with E-state index in [-0.39, 0.29) is 5.41 Å². The molecule has 0 radical (unpaired) electrons. The molecule has 0 fully saturated rings. The summed E-state index contributed by atoms with van der Waals surface area (Å²) < 4.78 is 10.6. The average molecular weight is 244 g/mol. The number of hydrogen-bond donors (Lipinski definition) is 0. The van der Waals surface area contributed by atoms with Crippen LogP contribution in [0.15, 0.2) is 48.6 Å². The van der Waals surface area contributed by atoms with Gasteiger partial charge in [-0.25, -0.2) is 0 Å². The summed E-state index contributed by atoms with van der Waals surface area (Å²) in [5.74, 6) is 0. The largest absolute Gasteiger partial charge is 0.384 e. The van der Waals surface area contributed by atoms with Gasteiger partial charge in [-0.1, -0.05) is 48.6 Å². The van der Waals surface area contributed by atoms with E-state index in [1.54, 1.807) is 14.2 Å². The lowest BCUT2D eigenvalue weighted by atomic mass is 9.80. The first-order valence-corrected chi connectivity index (χ1v) is 6.22. The van der Waals surface area contributed by atoms with Crippen molar-refractivity contribution in [2.75, 3.05) is 27.4 Å². The van der Waals surface area contributed by atoms with Gasteiger partial charge in [0.2, 0.25) is 0 Å². The van der Waals surface area contributed by atoms with E-state index in [1.165, 1.54) is 11.1 Å². The van der Waals surface area contributed by atoms with Crippen molar-refractivity contribution < 1.29 is 9.47 Å². The highest BCUT2D eigenvalue weighted by atomic mass is 16.5. The van der Waals surface area contributed by atoms with Crippen molar-refractivity contribution >= 4 is 5.57 Å². The van der Waals surface area contributed by atoms with Gasteiger partial charge in [0.05, 0.1) is 13.2 Å². The molecule has 0 bridgehead atoms. The molecule has 1 aliphatic rings. The molecular weight excluding hydrogens is 224 g/mol. The Morgan fingerprint density at radius 1 is 1.06 bits per heavy atom. The van der Waals surface area contributed by atoms with Crippen LogP contribution in [0.4, 0.5) is 0 Å². The number of ether oxygens (including phenoxy) is 2. The third-order valence-electron chi connectivity index (χ3n) is 3.32. The van der Waals surface area contributed by atoms with Crippen LogP contribution in [0.3, 0.4) is 0 Å². The van der Waals surface area contributed by atoms with E-state index in [2.05, 4.69) is 42.5 Å². The van der Waals surface area contributed by atoms with Crippen molar-refractivity contribution in [3.63, 3.8) is 0 Å². The van der Waals surface area contributed by atoms with Crippen LogP contribution in [0.25, 0.3) is 5.57 Å². The predicted octanol–water partition coefficient (Wildman–Crippen LogP) is 3.31. The molecule has 1 aromatic carbocycles. The molecule has 0 N–H and O–H groups in total. The minimum Gasteiger partial charge on any atom is -0.384 e. The molecule has 0 heterocycles. The van der Waals surface area contributed by atoms with Crippen LogP contribution in [-0.4, -0.2) is 27.4 Å². The highest BCUT2D eigenvalue weighted by Gasteiger charge is 2.28. The standard InChI is InChI=1S/C16H20O2/c1-17-12-16(13-18-2)10-8-15(9-11-16)14-6-4-3-5-7-14/h3-10H,11-13H2,1-2H3. The number of methoxy groups -OCH3 is 2. The quantitative estimate of drug-likeness (QED) is 0.791. The summed E-state index contributed by atoms with van der Waals surface area (Å²) in [4.78, 5) is 0. The van der Waals surface area contributed by atoms with E-state index in [9.17, 15) is 0 Å². The minimum atomic E-state index is -0.0121. The van der Waals surface area contributed by atoms with E-state index in [0.717, 1.165) is 6.42 Å². The van der Waals surface area contributed by atoms with Gasteiger partial charge >= 0.3 is 0 Å². The monoisotopic (exact) mass is 244 g/mol. The van der Waals surface area contributed by atoms with Crippen LogP contribution in [-0.2, 0) is 9.47 Å². The molecule has 96 valence electrons.